The number of benzene rings is 1. The Kier molecular flexibility index (Phi) is 5.99. The summed E-state index contributed by atoms with van der Waals surface area (Å²) in [5.74, 6) is 0.0336. The van der Waals surface area contributed by atoms with E-state index < -0.39 is 9.84 Å². The molecule has 0 N–H and O–H groups in total. The van der Waals surface area contributed by atoms with Crippen LogP contribution in [0.3, 0.4) is 0 Å². The lowest BCUT2D eigenvalue weighted by Gasteiger charge is -2.25. The van der Waals surface area contributed by atoms with Crippen LogP contribution in [-0.4, -0.2) is 47.2 Å². The maximum absolute atomic E-state index is 12.5. The molecule has 2 atom stereocenters. The smallest absolute Gasteiger partial charge is 0.251 e. The lowest BCUT2D eigenvalue weighted by molar-refractivity contribution is -0.121. The summed E-state index contributed by atoms with van der Waals surface area (Å²) in [5.41, 5.74) is 0.905. The van der Waals surface area contributed by atoms with Crippen molar-refractivity contribution in [2.24, 2.45) is 10.9 Å². The molecule has 2 aliphatic rings. The molecule has 2 aliphatic heterocycles. The second kappa shape index (κ2) is 7.90. The van der Waals surface area contributed by atoms with E-state index in [4.69, 9.17) is 11.6 Å². The number of hydrogen-bond acceptors (Lipinski definition) is 4. The van der Waals surface area contributed by atoms with Gasteiger partial charge in [0.25, 0.3) is 5.91 Å². The number of amidine groups is 1. The van der Waals surface area contributed by atoms with Crippen molar-refractivity contribution in [3.63, 3.8) is 0 Å². The van der Waals surface area contributed by atoms with Crippen LogP contribution in [0.4, 0.5) is 0 Å². The van der Waals surface area contributed by atoms with Gasteiger partial charge in [-0.05, 0) is 24.5 Å². The first-order chi connectivity index (χ1) is 12.3. The van der Waals surface area contributed by atoms with E-state index in [-0.39, 0.29) is 34.6 Å². The fraction of sp³-hybridized carbons (Fsp3) is 0.556. The zero-order valence-corrected chi connectivity index (χ0v) is 17.3. The van der Waals surface area contributed by atoms with Crippen LogP contribution < -0.4 is 0 Å². The standard InChI is InChI=1S/C18H23ClN2O3S2/c1-3-12(4-2)17(22)20-18-21(9-13-7-5-6-8-14(13)19)15-10-26(23,24)11-16(15)25-18/h5-8,12,15-16H,3-4,9-11H2,1-2H3/t15-,16-/m1/s1. The number of thioether (sulfide) groups is 1. The topological polar surface area (TPSA) is 66.8 Å². The number of sulfone groups is 1. The second-order valence-corrected chi connectivity index (χ2v) is 10.5. The minimum absolute atomic E-state index is 0.0734. The Morgan fingerprint density at radius 3 is 2.65 bits per heavy atom. The number of amides is 1. The Hall–Kier alpha value is -1.05. The van der Waals surface area contributed by atoms with E-state index in [1.54, 1.807) is 0 Å². The average molecular weight is 415 g/mol. The highest BCUT2D eigenvalue weighted by molar-refractivity contribution is 8.15. The molecule has 5 nitrogen and oxygen atoms in total. The third-order valence-electron chi connectivity index (χ3n) is 5.01. The molecule has 0 radical (unpaired) electrons. The van der Waals surface area contributed by atoms with Gasteiger partial charge >= 0.3 is 0 Å². The molecule has 3 rings (SSSR count). The number of carbonyl (C=O) groups is 1. The van der Waals surface area contributed by atoms with E-state index in [9.17, 15) is 13.2 Å². The molecule has 26 heavy (non-hydrogen) atoms. The first-order valence-electron chi connectivity index (χ1n) is 8.84. The molecule has 1 amide bonds. The first-order valence-corrected chi connectivity index (χ1v) is 11.9. The summed E-state index contributed by atoms with van der Waals surface area (Å²) < 4.78 is 24.1. The molecule has 142 valence electrons. The fourth-order valence-corrected chi connectivity index (χ4v) is 7.61. The van der Waals surface area contributed by atoms with Crippen molar-refractivity contribution in [2.45, 2.75) is 44.5 Å². The first kappa shape index (κ1) is 19.7. The van der Waals surface area contributed by atoms with E-state index in [2.05, 4.69) is 4.99 Å². The zero-order chi connectivity index (χ0) is 18.9. The van der Waals surface area contributed by atoms with Crippen molar-refractivity contribution >= 4 is 44.3 Å². The Bertz CT molecular complexity index is 821. The van der Waals surface area contributed by atoms with Crippen LogP contribution in [0.2, 0.25) is 5.02 Å². The summed E-state index contributed by atoms with van der Waals surface area (Å²) in [6.45, 7) is 4.42. The maximum atomic E-state index is 12.5. The van der Waals surface area contributed by atoms with Gasteiger partial charge in [-0.2, -0.15) is 4.99 Å². The Morgan fingerprint density at radius 1 is 1.31 bits per heavy atom. The molecule has 2 heterocycles. The van der Waals surface area contributed by atoms with Crippen LogP contribution in [0.15, 0.2) is 29.3 Å². The molecule has 0 saturated carbocycles. The van der Waals surface area contributed by atoms with E-state index in [1.807, 2.05) is 43.0 Å². The van der Waals surface area contributed by atoms with Crippen molar-refractivity contribution in [1.29, 1.82) is 0 Å². The SMILES string of the molecule is CCC(CC)C(=O)N=C1S[C@@H]2CS(=O)(=O)C[C@H]2N1Cc1ccccc1Cl. The fourth-order valence-electron chi connectivity index (χ4n) is 3.45. The van der Waals surface area contributed by atoms with Gasteiger partial charge in [-0.1, -0.05) is 55.4 Å². The van der Waals surface area contributed by atoms with Crippen LogP contribution in [0.1, 0.15) is 32.3 Å². The van der Waals surface area contributed by atoms with E-state index in [1.165, 1.54) is 11.8 Å². The van der Waals surface area contributed by atoms with Gasteiger partial charge in [-0.25, -0.2) is 8.42 Å². The number of carbonyl (C=O) groups excluding carboxylic acids is 1. The van der Waals surface area contributed by atoms with E-state index in [0.29, 0.717) is 16.7 Å². The molecule has 0 unspecified atom stereocenters. The number of nitrogens with zero attached hydrogens (tertiary/aromatic N) is 2. The molecule has 2 saturated heterocycles. The van der Waals surface area contributed by atoms with Crippen molar-refractivity contribution in [1.82, 2.24) is 4.90 Å². The summed E-state index contributed by atoms with van der Waals surface area (Å²) in [5, 5.41) is 1.19. The zero-order valence-electron chi connectivity index (χ0n) is 14.9. The van der Waals surface area contributed by atoms with E-state index >= 15 is 0 Å². The third-order valence-corrected chi connectivity index (χ3v) is 8.63. The molecule has 0 spiro atoms. The third kappa shape index (κ3) is 4.10. The van der Waals surface area contributed by atoms with E-state index in [0.717, 1.165) is 18.4 Å². The Balaban J connectivity index is 1.91. The predicted molar refractivity (Wildman–Crippen MR) is 107 cm³/mol. The average Bonchev–Trinajstić information content (AvgIpc) is 3.03. The van der Waals surface area contributed by atoms with Gasteiger partial charge in [0.15, 0.2) is 15.0 Å². The molecule has 8 heteroatoms. The summed E-state index contributed by atoms with van der Waals surface area (Å²) >= 11 is 7.71. The predicted octanol–water partition coefficient (Wildman–Crippen LogP) is 3.37. The van der Waals surface area contributed by atoms with Gasteiger partial charge < -0.3 is 4.90 Å². The van der Waals surface area contributed by atoms with Gasteiger partial charge in [0.2, 0.25) is 0 Å². The van der Waals surface area contributed by atoms with Crippen LogP contribution in [0.25, 0.3) is 0 Å². The molecule has 0 aliphatic carbocycles. The number of halogens is 1. The quantitative estimate of drug-likeness (QED) is 0.738. The molecule has 1 aromatic rings. The largest absolute Gasteiger partial charge is 0.342 e. The van der Waals surface area contributed by atoms with Crippen LogP contribution in [-0.2, 0) is 21.2 Å². The van der Waals surface area contributed by atoms with Gasteiger partial charge in [0.1, 0.15) is 0 Å². The summed E-state index contributed by atoms with van der Waals surface area (Å²) in [4.78, 5) is 18.8. The monoisotopic (exact) mass is 414 g/mol. The molecular formula is C18H23ClN2O3S2. The van der Waals surface area contributed by atoms with Crippen molar-refractivity contribution < 1.29 is 13.2 Å². The van der Waals surface area contributed by atoms with Crippen molar-refractivity contribution in [2.75, 3.05) is 11.5 Å². The minimum atomic E-state index is -3.05. The maximum Gasteiger partial charge on any atom is 0.251 e. The normalized spacial score (nSPS) is 25.8. The van der Waals surface area contributed by atoms with Gasteiger partial charge in [0.05, 0.1) is 17.5 Å². The Morgan fingerprint density at radius 2 is 2.00 bits per heavy atom. The van der Waals surface area contributed by atoms with Crippen LogP contribution in [0.5, 0.6) is 0 Å². The van der Waals surface area contributed by atoms with Gasteiger partial charge in [-0.15, -0.1) is 0 Å². The molecule has 0 bridgehead atoms. The lowest BCUT2D eigenvalue weighted by Crippen LogP contribution is -2.37. The number of rotatable bonds is 5. The molecule has 2 fully saturated rings. The highest BCUT2D eigenvalue weighted by Gasteiger charge is 2.48. The second-order valence-electron chi connectivity index (χ2n) is 6.77. The molecule has 0 aromatic heterocycles. The van der Waals surface area contributed by atoms with Gasteiger partial charge in [-0.3, -0.25) is 4.79 Å². The molecular weight excluding hydrogens is 392 g/mol. The number of fused-ring (bicyclic) bond motifs is 1. The van der Waals surface area contributed by atoms with Crippen molar-refractivity contribution in [3.05, 3.63) is 34.9 Å². The summed E-state index contributed by atoms with van der Waals surface area (Å²) in [6.07, 6.45) is 1.51. The van der Waals surface area contributed by atoms with Crippen LogP contribution in [0, 0.1) is 5.92 Å². The number of hydrogen-bond donors (Lipinski definition) is 0. The Labute approximate surface area is 164 Å². The van der Waals surface area contributed by atoms with Crippen LogP contribution >= 0.6 is 23.4 Å². The highest BCUT2D eigenvalue weighted by atomic mass is 35.5. The minimum Gasteiger partial charge on any atom is -0.342 e. The van der Waals surface area contributed by atoms with Crippen molar-refractivity contribution in [3.8, 4) is 0 Å². The molecule has 1 aromatic carbocycles. The van der Waals surface area contributed by atoms with Gasteiger partial charge in [0, 0.05) is 22.7 Å². The number of aliphatic imine (C=N–C) groups is 1. The highest BCUT2D eigenvalue weighted by Crippen LogP contribution is 2.39. The lowest BCUT2D eigenvalue weighted by atomic mass is 10.0. The summed E-state index contributed by atoms with van der Waals surface area (Å²) in [6, 6.07) is 7.34. The summed E-state index contributed by atoms with van der Waals surface area (Å²) in [7, 11) is -3.05.